The van der Waals surface area contributed by atoms with Crippen LogP contribution in [0.25, 0.3) is 0 Å². The summed E-state index contributed by atoms with van der Waals surface area (Å²) < 4.78 is 0. The van der Waals surface area contributed by atoms with Crippen molar-refractivity contribution in [3.05, 3.63) is 0 Å². The minimum absolute atomic E-state index is 0.464. The van der Waals surface area contributed by atoms with Crippen molar-refractivity contribution in [2.45, 2.75) is 85.2 Å². The van der Waals surface area contributed by atoms with Crippen LogP contribution in [0.2, 0.25) is 0 Å². The van der Waals surface area contributed by atoms with Gasteiger partial charge in [-0.05, 0) is 62.4 Å². The first-order valence-corrected chi connectivity index (χ1v) is 9.43. The molecule has 0 spiro atoms. The molecule has 0 aromatic carbocycles. The summed E-state index contributed by atoms with van der Waals surface area (Å²) in [5.41, 5.74) is 0.464. The summed E-state index contributed by atoms with van der Waals surface area (Å²) in [6.07, 6.45) is 8.56. The predicted molar refractivity (Wildman–Crippen MR) is 92.6 cm³/mol. The van der Waals surface area contributed by atoms with Crippen molar-refractivity contribution in [2.75, 3.05) is 19.6 Å². The summed E-state index contributed by atoms with van der Waals surface area (Å²) in [4.78, 5) is 2.81. The minimum Gasteiger partial charge on any atom is -0.313 e. The molecule has 2 aliphatic carbocycles. The Morgan fingerprint density at radius 1 is 1.05 bits per heavy atom. The molecule has 0 radical (unpaired) electrons. The maximum atomic E-state index is 3.79. The topological polar surface area (TPSA) is 15.3 Å². The molecular formula is C19H38N2. The SMILES string of the molecule is CCNC1CCC(C(C)(C)C)CC1N(CC)CC1CCC1. The van der Waals surface area contributed by atoms with Crippen LogP contribution in [0.3, 0.4) is 0 Å². The van der Waals surface area contributed by atoms with Crippen LogP contribution in [0.4, 0.5) is 0 Å². The molecular weight excluding hydrogens is 256 g/mol. The smallest absolute Gasteiger partial charge is 0.0252 e. The Hall–Kier alpha value is -0.0800. The lowest BCUT2D eigenvalue weighted by molar-refractivity contribution is 0.0436. The third-order valence-electron chi connectivity index (χ3n) is 6.10. The van der Waals surface area contributed by atoms with E-state index in [0.717, 1.165) is 24.4 Å². The molecule has 21 heavy (non-hydrogen) atoms. The van der Waals surface area contributed by atoms with Gasteiger partial charge in [-0.3, -0.25) is 4.90 Å². The summed E-state index contributed by atoms with van der Waals surface area (Å²) in [7, 11) is 0. The monoisotopic (exact) mass is 294 g/mol. The zero-order valence-electron chi connectivity index (χ0n) is 15.1. The first-order valence-electron chi connectivity index (χ1n) is 9.43. The molecule has 2 heteroatoms. The summed E-state index contributed by atoms with van der Waals surface area (Å²) in [5.74, 6) is 1.87. The largest absolute Gasteiger partial charge is 0.313 e. The second kappa shape index (κ2) is 7.46. The highest BCUT2D eigenvalue weighted by Gasteiger charge is 2.38. The Kier molecular flexibility index (Phi) is 6.14. The van der Waals surface area contributed by atoms with Crippen LogP contribution in [0.15, 0.2) is 0 Å². The molecule has 0 aliphatic heterocycles. The highest BCUT2D eigenvalue weighted by molar-refractivity contribution is 4.94. The predicted octanol–water partition coefficient (Wildman–Crippen LogP) is 4.30. The van der Waals surface area contributed by atoms with E-state index in [4.69, 9.17) is 0 Å². The standard InChI is InChI=1S/C19H38N2/c1-6-20-17-12-11-16(19(3,4)5)13-18(17)21(7-2)14-15-9-8-10-15/h15-18,20H,6-14H2,1-5H3. The summed E-state index contributed by atoms with van der Waals surface area (Å²) in [6, 6.07) is 1.47. The number of hydrogen-bond donors (Lipinski definition) is 1. The number of likely N-dealkylation sites (N-methyl/N-ethyl adjacent to an activating group) is 2. The Morgan fingerprint density at radius 2 is 1.76 bits per heavy atom. The minimum atomic E-state index is 0.464. The summed E-state index contributed by atoms with van der Waals surface area (Å²) in [6.45, 7) is 15.6. The highest BCUT2D eigenvalue weighted by atomic mass is 15.2. The maximum absolute atomic E-state index is 3.79. The van der Waals surface area contributed by atoms with Crippen LogP contribution in [-0.4, -0.2) is 36.6 Å². The van der Waals surface area contributed by atoms with E-state index in [1.165, 1.54) is 51.6 Å². The molecule has 0 heterocycles. The molecule has 2 nitrogen and oxygen atoms in total. The molecule has 1 N–H and O–H groups in total. The van der Waals surface area contributed by atoms with Gasteiger partial charge in [-0.1, -0.05) is 41.0 Å². The van der Waals surface area contributed by atoms with Crippen LogP contribution in [0, 0.1) is 17.3 Å². The van der Waals surface area contributed by atoms with Crippen LogP contribution < -0.4 is 5.32 Å². The Morgan fingerprint density at radius 3 is 2.24 bits per heavy atom. The molecule has 2 rings (SSSR count). The first kappa shape index (κ1) is 17.3. The van der Waals surface area contributed by atoms with E-state index in [-0.39, 0.29) is 0 Å². The van der Waals surface area contributed by atoms with Crippen molar-refractivity contribution in [1.29, 1.82) is 0 Å². The van der Waals surface area contributed by atoms with Crippen molar-refractivity contribution < 1.29 is 0 Å². The van der Waals surface area contributed by atoms with E-state index < -0.39 is 0 Å². The quantitative estimate of drug-likeness (QED) is 0.785. The fourth-order valence-electron chi connectivity index (χ4n) is 4.34. The van der Waals surface area contributed by atoms with Crippen molar-refractivity contribution in [2.24, 2.45) is 17.3 Å². The molecule has 0 bridgehead atoms. The van der Waals surface area contributed by atoms with E-state index in [0.29, 0.717) is 11.5 Å². The van der Waals surface area contributed by atoms with Crippen LogP contribution >= 0.6 is 0 Å². The fraction of sp³-hybridized carbons (Fsp3) is 1.00. The third-order valence-corrected chi connectivity index (χ3v) is 6.10. The van der Waals surface area contributed by atoms with Gasteiger partial charge in [0.1, 0.15) is 0 Å². The molecule has 2 saturated carbocycles. The normalized spacial score (nSPS) is 31.4. The molecule has 0 aromatic rings. The van der Waals surface area contributed by atoms with Gasteiger partial charge in [0, 0.05) is 18.6 Å². The van der Waals surface area contributed by atoms with E-state index in [2.05, 4.69) is 44.8 Å². The second-order valence-corrected chi connectivity index (χ2v) is 8.49. The lowest BCUT2D eigenvalue weighted by Crippen LogP contribution is -2.55. The van der Waals surface area contributed by atoms with Gasteiger partial charge in [0.15, 0.2) is 0 Å². The van der Waals surface area contributed by atoms with Gasteiger partial charge in [-0.15, -0.1) is 0 Å². The van der Waals surface area contributed by atoms with E-state index in [9.17, 15) is 0 Å². The molecule has 2 fully saturated rings. The van der Waals surface area contributed by atoms with Crippen LogP contribution in [-0.2, 0) is 0 Å². The van der Waals surface area contributed by atoms with Crippen molar-refractivity contribution in [3.63, 3.8) is 0 Å². The molecule has 0 aromatic heterocycles. The average molecular weight is 295 g/mol. The van der Waals surface area contributed by atoms with E-state index in [1.54, 1.807) is 0 Å². The van der Waals surface area contributed by atoms with Crippen LogP contribution in [0.1, 0.15) is 73.1 Å². The number of nitrogens with one attached hydrogen (secondary N) is 1. The zero-order chi connectivity index (χ0) is 15.5. The van der Waals surface area contributed by atoms with E-state index in [1.807, 2.05) is 0 Å². The van der Waals surface area contributed by atoms with Gasteiger partial charge >= 0.3 is 0 Å². The van der Waals surface area contributed by atoms with Gasteiger partial charge < -0.3 is 5.32 Å². The lowest BCUT2D eigenvalue weighted by atomic mass is 9.69. The number of rotatable bonds is 6. The van der Waals surface area contributed by atoms with Crippen molar-refractivity contribution >= 4 is 0 Å². The molecule has 3 atom stereocenters. The average Bonchev–Trinajstić information content (AvgIpc) is 2.38. The Bertz CT molecular complexity index is 303. The molecule has 0 saturated heterocycles. The molecule has 124 valence electrons. The van der Waals surface area contributed by atoms with Gasteiger partial charge in [0.05, 0.1) is 0 Å². The highest BCUT2D eigenvalue weighted by Crippen LogP contribution is 2.40. The van der Waals surface area contributed by atoms with Crippen LogP contribution in [0.5, 0.6) is 0 Å². The number of hydrogen-bond acceptors (Lipinski definition) is 2. The van der Waals surface area contributed by atoms with Gasteiger partial charge in [-0.2, -0.15) is 0 Å². The Balaban J connectivity index is 2.03. The zero-order valence-corrected chi connectivity index (χ0v) is 15.1. The van der Waals surface area contributed by atoms with E-state index >= 15 is 0 Å². The van der Waals surface area contributed by atoms with Gasteiger partial charge in [-0.25, -0.2) is 0 Å². The number of nitrogens with zero attached hydrogens (tertiary/aromatic N) is 1. The molecule has 0 amide bonds. The van der Waals surface area contributed by atoms with Crippen molar-refractivity contribution in [1.82, 2.24) is 10.2 Å². The molecule has 2 aliphatic rings. The first-order chi connectivity index (χ1) is 9.95. The van der Waals surface area contributed by atoms with Gasteiger partial charge in [0.2, 0.25) is 0 Å². The Labute approximate surface area is 133 Å². The van der Waals surface area contributed by atoms with Gasteiger partial charge in [0.25, 0.3) is 0 Å². The maximum Gasteiger partial charge on any atom is 0.0252 e. The van der Waals surface area contributed by atoms with Crippen molar-refractivity contribution in [3.8, 4) is 0 Å². The third kappa shape index (κ3) is 4.45. The summed E-state index contributed by atoms with van der Waals surface area (Å²) >= 11 is 0. The second-order valence-electron chi connectivity index (χ2n) is 8.49. The summed E-state index contributed by atoms with van der Waals surface area (Å²) in [5, 5.41) is 3.79. The fourth-order valence-corrected chi connectivity index (χ4v) is 4.34. The molecule has 3 unspecified atom stereocenters. The lowest BCUT2D eigenvalue weighted by Gasteiger charge is -2.47.